The Morgan fingerprint density at radius 3 is 2.46 bits per heavy atom. The van der Waals surface area contributed by atoms with Crippen LogP contribution >= 0.6 is 11.3 Å². The molecule has 130 valence electrons. The highest BCUT2D eigenvalue weighted by atomic mass is 32.1. The maximum atomic E-state index is 12.7. The molecule has 3 aromatic rings. The molecular weight excluding hydrogens is 352 g/mol. The monoisotopic (exact) mass is 366 g/mol. The Balaban J connectivity index is 1.86. The number of nitroso groups, excluding NO2 is 1. The van der Waals surface area contributed by atoms with Crippen LogP contribution in [0.15, 0.2) is 53.7 Å². The Morgan fingerprint density at radius 1 is 1.12 bits per heavy atom. The van der Waals surface area contributed by atoms with Gasteiger partial charge in [0, 0.05) is 11.3 Å². The van der Waals surface area contributed by atoms with E-state index in [-0.39, 0.29) is 27.7 Å². The second kappa shape index (κ2) is 7.24. The third-order valence-corrected chi connectivity index (χ3v) is 4.63. The summed E-state index contributed by atoms with van der Waals surface area (Å²) in [6.07, 6.45) is 0. The number of Topliss-reactive ketones (excluding diaryl/α,β-unsaturated/α-hetero) is 1. The van der Waals surface area contributed by atoms with Gasteiger partial charge >= 0.3 is 0 Å². The normalized spacial score (nSPS) is 10.3. The summed E-state index contributed by atoms with van der Waals surface area (Å²) in [5.74, 6) is -0.357. The Kier molecular flexibility index (Phi) is 4.85. The molecule has 2 aromatic carbocycles. The first-order valence-corrected chi connectivity index (χ1v) is 8.42. The van der Waals surface area contributed by atoms with Gasteiger partial charge in [0.05, 0.1) is 5.56 Å². The molecule has 0 saturated carbocycles. The van der Waals surface area contributed by atoms with Gasteiger partial charge in [-0.1, -0.05) is 23.5 Å². The standard InChI is InChI=1S/C18H14N4O3S/c1-10(23)11-6-8-12(9-7-11)20-18-21-17(19)16(26-18)15(24)13-4-2-3-5-14(13)22-25/h2-9H,19H2,1H3,(H,20,21). The second-order valence-electron chi connectivity index (χ2n) is 5.43. The van der Waals surface area contributed by atoms with Crippen LogP contribution in [0, 0.1) is 4.91 Å². The Morgan fingerprint density at radius 2 is 1.81 bits per heavy atom. The molecule has 8 heteroatoms. The number of nitrogens with one attached hydrogen (secondary N) is 1. The quantitative estimate of drug-likeness (QED) is 0.496. The van der Waals surface area contributed by atoms with Gasteiger partial charge in [0.2, 0.25) is 5.78 Å². The van der Waals surface area contributed by atoms with Gasteiger partial charge in [0.1, 0.15) is 16.4 Å². The molecular formula is C18H14N4O3S. The highest BCUT2D eigenvalue weighted by Crippen LogP contribution is 2.32. The molecule has 7 nitrogen and oxygen atoms in total. The topological polar surface area (TPSA) is 115 Å². The van der Waals surface area contributed by atoms with Crippen LogP contribution in [-0.4, -0.2) is 16.6 Å². The van der Waals surface area contributed by atoms with E-state index in [9.17, 15) is 14.5 Å². The van der Waals surface area contributed by atoms with E-state index in [1.165, 1.54) is 19.1 Å². The zero-order valence-electron chi connectivity index (χ0n) is 13.7. The molecule has 0 atom stereocenters. The van der Waals surface area contributed by atoms with E-state index in [0.29, 0.717) is 16.4 Å². The van der Waals surface area contributed by atoms with Crippen LogP contribution in [0.5, 0.6) is 0 Å². The number of nitrogen functional groups attached to an aromatic ring is 1. The van der Waals surface area contributed by atoms with Crippen molar-refractivity contribution >= 4 is 45.2 Å². The third-order valence-electron chi connectivity index (χ3n) is 3.65. The molecule has 1 heterocycles. The summed E-state index contributed by atoms with van der Waals surface area (Å²) >= 11 is 1.08. The number of hydrogen-bond donors (Lipinski definition) is 2. The first kappa shape index (κ1) is 17.4. The molecule has 0 unspecified atom stereocenters. The smallest absolute Gasteiger partial charge is 0.209 e. The van der Waals surface area contributed by atoms with Crippen LogP contribution in [0.3, 0.4) is 0 Å². The van der Waals surface area contributed by atoms with Gasteiger partial charge in [-0.25, -0.2) is 4.98 Å². The van der Waals surface area contributed by atoms with Crippen LogP contribution in [-0.2, 0) is 0 Å². The summed E-state index contributed by atoms with van der Waals surface area (Å²) in [4.78, 5) is 39.2. The number of nitrogens with zero attached hydrogens (tertiary/aromatic N) is 2. The molecule has 0 spiro atoms. The number of rotatable bonds is 6. The molecule has 0 aliphatic rings. The highest BCUT2D eigenvalue weighted by Gasteiger charge is 2.21. The molecule has 0 aliphatic heterocycles. The molecule has 3 N–H and O–H groups in total. The number of carbonyl (C=O) groups is 2. The van der Waals surface area contributed by atoms with E-state index in [0.717, 1.165) is 11.3 Å². The summed E-state index contributed by atoms with van der Waals surface area (Å²) in [5.41, 5.74) is 7.41. The van der Waals surface area contributed by atoms with Gasteiger partial charge in [-0.3, -0.25) is 9.59 Å². The maximum absolute atomic E-state index is 12.7. The van der Waals surface area contributed by atoms with Crippen molar-refractivity contribution in [1.29, 1.82) is 0 Å². The van der Waals surface area contributed by atoms with Crippen LogP contribution in [0.2, 0.25) is 0 Å². The predicted octanol–water partition coefficient (Wildman–Crippen LogP) is 4.30. The minimum Gasteiger partial charge on any atom is -0.382 e. The zero-order valence-corrected chi connectivity index (χ0v) is 14.5. The van der Waals surface area contributed by atoms with Crippen molar-refractivity contribution in [1.82, 2.24) is 4.98 Å². The minimum absolute atomic E-state index is 0.0228. The van der Waals surface area contributed by atoms with Crippen LogP contribution in [0.25, 0.3) is 0 Å². The van der Waals surface area contributed by atoms with Crippen LogP contribution < -0.4 is 11.1 Å². The summed E-state index contributed by atoms with van der Waals surface area (Å²) in [5, 5.41) is 6.35. The van der Waals surface area contributed by atoms with Crippen LogP contribution in [0.4, 0.5) is 22.3 Å². The molecule has 0 bridgehead atoms. The fraction of sp³-hybridized carbons (Fsp3) is 0.0556. The van der Waals surface area contributed by atoms with Crippen molar-refractivity contribution in [3.63, 3.8) is 0 Å². The third kappa shape index (κ3) is 3.50. The van der Waals surface area contributed by atoms with Crippen molar-refractivity contribution < 1.29 is 9.59 Å². The van der Waals surface area contributed by atoms with Crippen molar-refractivity contribution in [3.05, 3.63) is 69.4 Å². The van der Waals surface area contributed by atoms with E-state index in [1.54, 1.807) is 36.4 Å². The summed E-state index contributed by atoms with van der Waals surface area (Å²) in [6.45, 7) is 1.49. The molecule has 0 aliphatic carbocycles. The number of aromatic nitrogens is 1. The zero-order chi connectivity index (χ0) is 18.7. The number of thiazole rings is 1. The molecule has 0 radical (unpaired) electrons. The molecule has 26 heavy (non-hydrogen) atoms. The molecule has 0 fully saturated rings. The number of ketones is 2. The van der Waals surface area contributed by atoms with Gasteiger partial charge < -0.3 is 11.1 Å². The van der Waals surface area contributed by atoms with Gasteiger partial charge in [-0.2, -0.15) is 0 Å². The number of carbonyl (C=O) groups excluding carboxylic acids is 2. The van der Waals surface area contributed by atoms with Crippen molar-refractivity contribution in [3.8, 4) is 0 Å². The Hall–Kier alpha value is -3.39. The summed E-state index contributed by atoms with van der Waals surface area (Å²) in [6, 6.07) is 13.1. The summed E-state index contributed by atoms with van der Waals surface area (Å²) < 4.78 is 0. The minimum atomic E-state index is -0.407. The average Bonchev–Trinajstić information content (AvgIpc) is 3.01. The van der Waals surface area contributed by atoms with E-state index in [4.69, 9.17) is 5.73 Å². The number of anilines is 3. The van der Waals surface area contributed by atoms with E-state index in [1.807, 2.05) is 0 Å². The predicted molar refractivity (Wildman–Crippen MR) is 102 cm³/mol. The maximum Gasteiger partial charge on any atom is 0.209 e. The fourth-order valence-corrected chi connectivity index (χ4v) is 3.19. The first-order chi connectivity index (χ1) is 12.5. The molecule has 3 rings (SSSR count). The highest BCUT2D eigenvalue weighted by molar-refractivity contribution is 7.18. The molecule has 1 aromatic heterocycles. The van der Waals surface area contributed by atoms with Gasteiger partial charge in [0.15, 0.2) is 10.9 Å². The number of nitrogens with two attached hydrogens (primary N) is 1. The van der Waals surface area contributed by atoms with Crippen LogP contribution in [0.1, 0.15) is 32.5 Å². The Labute approximate surface area is 152 Å². The average molecular weight is 366 g/mol. The number of benzene rings is 2. The number of hydrogen-bond acceptors (Lipinski definition) is 8. The fourth-order valence-electron chi connectivity index (χ4n) is 2.33. The largest absolute Gasteiger partial charge is 0.382 e. The van der Waals surface area contributed by atoms with Gasteiger partial charge in [-0.05, 0) is 48.5 Å². The van der Waals surface area contributed by atoms with Crippen molar-refractivity contribution in [2.45, 2.75) is 6.92 Å². The van der Waals surface area contributed by atoms with Crippen molar-refractivity contribution in [2.75, 3.05) is 11.1 Å². The lowest BCUT2D eigenvalue weighted by Gasteiger charge is -2.03. The lowest BCUT2D eigenvalue weighted by atomic mass is 10.1. The SMILES string of the molecule is CC(=O)c1ccc(Nc2nc(N)c(C(=O)c3ccccc3N=O)s2)cc1. The molecule has 0 saturated heterocycles. The molecule has 0 amide bonds. The lowest BCUT2D eigenvalue weighted by molar-refractivity contribution is 0.101. The lowest BCUT2D eigenvalue weighted by Crippen LogP contribution is -2.02. The summed E-state index contributed by atoms with van der Waals surface area (Å²) in [7, 11) is 0. The Bertz CT molecular complexity index is 996. The van der Waals surface area contributed by atoms with E-state index < -0.39 is 5.78 Å². The van der Waals surface area contributed by atoms with Gasteiger partial charge in [-0.15, -0.1) is 4.91 Å². The van der Waals surface area contributed by atoms with E-state index >= 15 is 0 Å². The second-order valence-corrected chi connectivity index (χ2v) is 6.43. The first-order valence-electron chi connectivity index (χ1n) is 7.61. The van der Waals surface area contributed by atoms with Gasteiger partial charge in [0.25, 0.3) is 0 Å². The van der Waals surface area contributed by atoms with E-state index in [2.05, 4.69) is 15.5 Å². The van der Waals surface area contributed by atoms with Crippen molar-refractivity contribution in [2.24, 2.45) is 5.18 Å².